The number of methoxy groups -OCH3 is 1. The Morgan fingerprint density at radius 1 is 1.12 bits per heavy atom. The van der Waals surface area contributed by atoms with E-state index in [9.17, 15) is 13.2 Å². The number of imidazole rings is 1. The molecule has 1 aliphatic heterocycles. The van der Waals surface area contributed by atoms with Crippen LogP contribution in [0.3, 0.4) is 0 Å². The Labute approximate surface area is 153 Å². The number of nitrogens with zero attached hydrogens (tertiary/aromatic N) is 4. The average Bonchev–Trinajstić information content (AvgIpc) is 2.94. The topological polar surface area (TPSA) is 84.7 Å². The van der Waals surface area contributed by atoms with Gasteiger partial charge in [0.25, 0.3) is 15.9 Å². The predicted molar refractivity (Wildman–Crippen MR) is 95.5 cm³/mol. The van der Waals surface area contributed by atoms with Crippen LogP contribution >= 0.6 is 0 Å². The molecule has 9 heteroatoms. The summed E-state index contributed by atoms with van der Waals surface area (Å²) in [6.07, 6.45) is 3.53. The van der Waals surface area contributed by atoms with Crippen molar-refractivity contribution in [3.05, 3.63) is 42.4 Å². The quantitative estimate of drug-likeness (QED) is 0.791. The van der Waals surface area contributed by atoms with E-state index >= 15 is 0 Å². The summed E-state index contributed by atoms with van der Waals surface area (Å²) in [5.41, 5.74) is 0.562. The van der Waals surface area contributed by atoms with E-state index in [1.54, 1.807) is 47.9 Å². The van der Waals surface area contributed by atoms with Gasteiger partial charge in [-0.05, 0) is 30.7 Å². The number of ether oxygens (including phenoxy) is 1. The van der Waals surface area contributed by atoms with Crippen LogP contribution in [-0.4, -0.2) is 66.4 Å². The largest absolute Gasteiger partial charge is 0.497 e. The first-order chi connectivity index (χ1) is 12.4. The number of hydrogen-bond donors (Lipinski definition) is 0. The van der Waals surface area contributed by atoms with E-state index in [0.29, 0.717) is 37.4 Å². The molecule has 140 valence electrons. The van der Waals surface area contributed by atoms with Crippen LogP contribution in [0, 0.1) is 0 Å². The summed E-state index contributed by atoms with van der Waals surface area (Å²) in [7, 11) is -0.343. The number of rotatable bonds is 4. The summed E-state index contributed by atoms with van der Waals surface area (Å²) in [6.45, 7) is 1.47. The number of carbonyl (C=O) groups excluding carboxylic acids is 1. The molecular formula is C17H22N4O4S. The van der Waals surface area contributed by atoms with E-state index < -0.39 is 10.0 Å². The fourth-order valence-electron chi connectivity index (χ4n) is 2.91. The van der Waals surface area contributed by atoms with Crippen LogP contribution in [0.4, 0.5) is 0 Å². The van der Waals surface area contributed by atoms with Gasteiger partial charge in [0.1, 0.15) is 5.75 Å². The molecule has 0 N–H and O–H groups in total. The van der Waals surface area contributed by atoms with Gasteiger partial charge < -0.3 is 14.2 Å². The Bertz CT molecular complexity index is 876. The second kappa shape index (κ2) is 7.46. The van der Waals surface area contributed by atoms with Crippen molar-refractivity contribution in [1.29, 1.82) is 0 Å². The lowest BCUT2D eigenvalue weighted by Gasteiger charge is -2.21. The Hall–Kier alpha value is -2.39. The van der Waals surface area contributed by atoms with Gasteiger partial charge in [-0.1, -0.05) is 0 Å². The number of aromatic nitrogens is 2. The van der Waals surface area contributed by atoms with Crippen molar-refractivity contribution in [1.82, 2.24) is 18.8 Å². The molecule has 0 bridgehead atoms. The highest BCUT2D eigenvalue weighted by Gasteiger charge is 2.30. The minimum atomic E-state index is -3.64. The van der Waals surface area contributed by atoms with Gasteiger partial charge in [-0.25, -0.2) is 13.4 Å². The van der Waals surface area contributed by atoms with Gasteiger partial charge >= 0.3 is 0 Å². The molecule has 1 fully saturated rings. The van der Waals surface area contributed by atoms with Gasteiger partial charge in [-0.2, -0.15) is 4.31 Å². The van der Waals surface area contributed by atoms with Gasteiger partial charge in [0, 0.05) is 45.0 Å². The van der Waals surface area contributed by atoms with Crippen LogP contribution in [0.2, 0.25) is 0 Å². The van der Waals surface area contributed by atoms with Crippen molar-refractivity contribution in [2.24, 2.45) is 7.05 Å². The first kappa shape index (κ1) is 18.4. The first-order valence-corrected chi connectivity index (χ1v) is 9.77. The summed E-state index contributed by atoms with van der Waals surface area (Å²) in [6, 6.07) is 6.91. The second-order valence-electron chi connectivity index (χ2n) is 6.16. The van der Waals surface area contributed by atoms with Crippen molar-refractivity contribution >= 4 is 15.9 Å². The Morgan fingerprint density at radius 2 is 1.85 bits per heavy atom. The number of aryl methyl sites for hydroxylation is 1. The second-order valence-corrected chi connectivity index (χ2v) is 8.04. The van der Waals surface area contributed by atoms with E-state index in [2.05, 4.69) is 4.98 Å². The Morgan fingerprint density at radius 3 is 2.46 bits per heavy atom. The van der Waals surface area contributed by atoms with Gasteiger partial charge in [0.15, 0.2) is 5.03 Å². The third-order valence-corrected chi connectivity index (χ3v) is 6.15. The molecule has 26 heavy (non-hydrogen) atoms. The normalized spacial score (nSPS) is 16.3. The maximum atomic E-state index is 12.7. The smallest absolute Gasteiger partial charge is 0.262 e. The van der Waals surface area contributed by atoms with Crippen molar-refractivity contribution in [2.75, 3.05) is 33.3 Å². The lowest BCUT2D eigenvalue weighted by Crippen LogP contribution is -2.37. The highest BCUT2D eigenvalue weighted by molar-refractivity contribution is 7.89. The third kappa shape index (κ3) is 3.73. The zero-order valence-electron chi connectivity index (χ0n) is 14.8. The number of sulfonamides is 1. The molecular weight excluding hydrogens is 356 g/mol. The molecule has 0 saturated carbocycles. The molecule has 1 aromatic carbocycles. The van der Waals surface area contributed by atoms with E-state index in [1.807, 2.05) is 0 Å². The average molecular weight is 378 g/mol. The maximum Gasteiger partial charge on any atom is 0.262 e. The van der Waals surface area contributed by atoms with Crippen LogP contribution < -0.4 is 4.74 Å². The molecule has 0 aliphatic carbocycles. The molecule has 0 atom stereocenters. The van der Waals surface area contributed by atoms with E-state index in [0.717, 1.165) is 0 Å². The van der Waals surface area contributed by atoms with Crippen LogP contribution in [0.15, 0.2) is 41.8 Å². The molecule has 1 aliphatic rings. The van der Waals surface area contributed by atoms with Gasteiger partial charge in [-0.3, -0.25) is 4.79 Å². The molecule has 1 saturated heterocycles. The number of carbonyl (C=O) groups is 1. The van der Waals surface area contributed by atoms with Crippen LogP contribution in [0.5, 0.6) is 5.75 Å². The van der Waals surface area contributed by atoms with E-state index in [-0.39, 0.29) is 17.5 Å². The highest BCUT2D eigenvalue weighted by atomic mass is 32.2. The summed E-state index contributed by atoms with van der Waals surface area (Å²) in [4.78, 5) is 18.3. The van der Waals surface area contributed by atoms with E-state index in [1.165, 1.54) is 16.8 Å². The molecule has 0 radical (unpaired) electrons. The van der Waals surface area contributed by atoms with Crippen molar-refractivity contribution in [3.8, 4) is 5.75 Å². The Balaban J connectivity index is 1.70. The van der Waals surface area contributed by atoms with Gasteiger partial charge in [0.05, 0.1) is 13.4 Å². The highest BCUT2D eigenvalue weighted by Crippen LogP contribution is 2.18. The van der Waals surface area contributed by atoms with Crippen LogP contribution in [0.25, 0.3) is 0 Å². The molecule has 3 rings (SSSR count). The summed E-state index contributed by atoms with van der Waals surface area (Å²) in [5.74, 6) is 0.579. The Kier molecular flexibility index (Phi) is 5.28. The first-order valence-electron chi connectivity index (χ1n) is 8.33. The van der Waals surface area contributed by atoms with Crippen molar-refractivity contribution < 1.29 is 17.9 Å². The predicted octanol–water partition coefficient (Wildman–Crippen LogP) is 0.965. The molecule has 2 heterocycles. The standard InChI is InChI=1S/C17H22N4O4S/c1-19-12-16(18-13-19)26(23,24)21-9-3-8-20(10-11-21)17(22)14-4-6-15(25-2)7-5-14/h4-7,12-13H,3,8-11H2,1-2H3. The molecule has 1 amide bonds. The maximum absolute atomic E-state index is 12.7. The van der Waals surface area contributed by atoms with Gasteiger partial charge in [-0.15, -0.1) is 0 Å². The summed E-state index contributed by atoms with van der Waals surface area (Å²) in [5, 5.41) is 0.0370. The zero-order chi connectivity index (χ0) is 18.7. The van der Waals surface area contributed by atoms with Crippen LogP contribution in [0.1, 0.15) is 16.8 Å². The minimum absolute atomic E-state index is 0.0370. The minimum Gasteiger partial charge on any atom is -0.497 e. The molecule has 0 spiro atoms. The fraction of sp³-hybridized carbons (Fsp3) is 0.412. The lowest BCUT2D eigenvalue weighted by molar-refractivity contribution is 0.0764. The van der Waals surface area contributed by atoms with Gasteiger partial charge in [0.2, 0.25) is 0 Å². The summed E-state index contributed by atoms with van der Waals surface area (Å²) >= 11 is 0. The third-order valence-electron chi connectivity index (χ3n) is 4.36. The monoisotopic (exact) mass is 378 g/mol. The summed E-state index contributed by atoms with van der Waals surface area (Å²) < 4.78 is 33.5. The molecule has 2 aromatic rings. The van der Waals surface area contributed by atoms with Crippen molar-refractivity contribution in [2.45, 2.75) is 11.4 Å². The molecule has 1 aromatic heterocycles. The number of amides is 1. The number of benzene rings is 1. The SMILES string of the molecule is COc1ccc(C(=O)N2CCCN(S(=O)(=O)c3cn(C)cn3)CC2)cc1. The zero-order valence-corrected chi connectivity index (χ0v) is 15.6. The van der Waals surface area contributed by atoms with E-state index in [4.69, 9.17) is 4.74 Å². The van der Waals surface area contributed by atoms with Crippen molar-refractivity contribution in [3.63, 3.8) is 0 Å². The fourth-order valence-corrected chi connectivity index (χ4v) is 4.34. The molecule has 0 unspecified atom stereocenters. The lowest BCUT2D eigenvalue weighted by atomic mass is 10.2. The number of hydrogen-bond acceptors (Lipinski definition) is 5. The molecule has 8 nitrogen and oxygen atoms in total. The van der Waals surface area contributed by atoms with Crippen LogP contribution in [-0.2, 0) is 17.1 Å².